The highest BCUT2D eigenvalue weighted by Crippen LogP contribution is 2.29. The van der Waals surface area contributed by atoms with Crippen LogP contribution < -0.4 is 4.74 Å². The van der Waals surface area contributed by atoms with Crippen LogP contribution in [0.2, 0.25) is 0 Å². The van der Waals surface area contributed by atoms with Gasteiger partial charge in [-0.25, -0.2) is 9.78 Å². The summed E-state index contributed by atoms with van der Waals surface area (Å²) in [5, 5.41) is 9.36. The summed E-state index contributed by atoms with van der Waals surface area (Å²) >= 11 is 0. The quantitative estimate of drug-likeness (QED) is 0.878. The first-order chi connectivity index (χ1) is 10.2. The van der Waals surface area contributed by atoms with Crippen molar-refractivity contribution in [1.29, 1.82) is 0 Å². The number of hydrogen-bond acceptors (Lipinski definition) is 4. The van der Waals surface area contributed by atoms with Crippen LogP contribution in [0, 0.1) is 5.41 Å². The molecule has 22 heavy (non-hydrogen) atoms. The first kappa shape index (κ1) is 16.0. The molecule has 0 aliphatic rings. The van der Waals surface area contributed by atoms with E-state index < -0.39 is 17.4 Å². The molecule has 118 valence electrons. The summed E-state index contributed by atoms with van der Waals surface area (Å²) in [4.78, 5) is 28.4. The number of carboxylic acids is 1. The second-order valence-electron chi connectivity index (χ2n) is 6.25. The van der Waals surface area contributed by atoms with Crippen molar-refractivity contribution >= 4 is 22.8 Å². The van der Waals surface area contributed by atoms with E-state index in [2.05, 4.69) is 4.98 Å². The molecule has 6 nitrogen and oxygen atoms in total. The number of nitrogens with zero attached hydrogens (tertiary/aromatic N) is 2. The fourth-order valence-corrected chi connectivity index (χ4v) is 2.20. The van der Waals surface area contributed by atoms with Crippen molar-refractivity contribution in [3.63, 3.8) is 0 Å². The number of Topliss-reactive ketones (excluding diaryl/α,β-unsaturated/α-hetero) is 1. The number of ketones is 1. The maximum Gasteiger partial charge on any atom is 0.326 e. The molecule has 0 spiro atoms. The van der Waals surface area contributed by atoms with E-state index in [4.69, 9.17) is 4.74 Å². The predicted molar refractivity (Wildman–Crippen MR) is 82.4 cm³/mol. The number of ether oxygens (including phenoxy) is 1. The summed E-state index contributed by atoms with van der Waals surface area (Å²) < 4.78 is 6.65. The Morgan fingerprint density at radius 1 is 1.32 bits per heavy atom. The number of carbonyl (C=O) groups excluding carboxylic acids is 1. The van der Waals surface area contributed by atoms with E-state index in [0.717, 1.165) is 0 Å². The zero-order valence-corrected chi connectivity index (χ0v) is 13.4. The number of carbonyl (C=O) groups is 2. The Hall–Kier alpha value is -2.37. The lowest BCUT2D eigenvalue weighted by atomic mass is 9.90. The Kier molecular flexibility index (Phi) is 3.96. The lowest BCUT2D eigenvalue weighted by molar-refractivity contribution is -0.140. The van der Waals surface area contributed by atoms with Gasteiger partial charge in [-0.2, -0.15) is 0 Å². The molecule has 0 fully saturated rings. The van der Waals surface area contributed by atoms with E-state index in [1.807, 2.05) is 0 Å². The molecule has 6 heteroatoms. The van der Waals surface area contributed by atoms with Crippen molar-refractivity contribution in [2.24, 2.45) is 5.41 Å². The SMILES string of the molecule is COc1ccc2nc(C(=O)C(C)(C)C)n(C(C)C(=O)O)c2c1. The number of benzene rings is 1. The molecule has 1 heterocycles. The van der Waals surface area contributed by atoms with Crippen molar-refractivity contribution in [2.75, 3.05) is 7.11 Å². The number of fused-ring (bicyclic) bond motifs is 1. The van der Waals surface area contributed by atoms with Gasteiger partial charge < -0.3 is 14.4 Å². The zero-order chi connectivity index (χ0) is 16.7. The van der Waals surface area contributed by atoms with Crippen LogP contribution in [0.15, 0.2) is 18.2 Å². The second-order valence-corrected chi connectivity index (χ2v) is 6.25. The molecule has 0 saturated heterocycles. The Morgan fingerprint density at radius 3 is 2.45 bits per heavy atom. The van der Waals surface area contributed by atoms with Crippen molar-refractivity contribution in [2.45, 2.75) is 33.7 Å². The van der Waals surface area contributed by atoms with E-state index in [1.165, 1.54) is 18.6 Å². The summed E-state index contributed by atoms with van der Waals surface area (Å²) in [7, 11) is 1.53. The molecule has 0 amide bonds. The Balaban J connectivity index is 2.77. The fourth-order valence-electron chi connectivity index (χ4n) is 2.20. The summed E-state index contributed by atoms with van der Waals surface area (Å²) in [6.45, 7) is 6.88. The van der Waals surface area contributed by atoms with E-state index in [1.54, 1.807) is 39.0 Å². The van der Waals surface area contributed by atoms with Crippen LogP contribution in [0.25, 0.3) is 11.0 Å². The third-order valence-electron chi connectivity index (χ3n) is 3.53. The summed E-state index contributed by atoms with van der Waals surface area (Å²) in [5.74, 6) is -0.479. The lowest BCUT2D eigenvalue weighted by Crippen LogP contribution is -2.27. The van der Waals surface area contributed by atoms with Crippen LogP contribution >= 0.6 is 0 Å². The minimum Gasteiger partial charge on any atom is -0.497 e. The van der Waals surface area contributed by atoms with Gasteiger partial charge in [-0.3, -0.25) is 4.79 Å². The molecule has 2 rings (SSSR count). The molecule has 2 aromatic rings. The second kappa shape index (κ2) is 5.44. The lowest BCUT2D eigenvalue weighted by Gasteiger charge is -2.19. The normalized spacial score (nSPS) is 13.1. The minimum atomic E-state index is -1.02. The zero-order valence-electron chi connectivity index (χ0n) is 13.4. The first-order valence-electron chi connectivity index (χ1n) is 7.00. The Labute approximate surface area is 128 Å². The third-order valence-corrected chi connectivity index (χ3v) is 3.53. The van der Waals surface area contributed by atoms with Gasteiger partial charge in [0.25, 0.3) is 0 Å². The van der Waals surface area contributed by atoms with E-state index in [0.29, 0.717) is 16.8 Å². The standard InChI is InChI=1S/C16H20N2O4/c1-9(15(20)21)18-12-8-10(22-5)6-7-11(12)17-14(18)13(19)16(2,3)4/h6-9H,1-5H3,(H,20,21). The highest BCUT2D eigenvalue weighted by atomic mass is 16.5. The highest BCUT2D eigenvalue weighted by molar-refractivity contribution is 6.00. The summed E-state index contributed by atoms with van der Waals surface area (Å²) in [6.07, 6.45) is 0. The number of rotatable bonds is 4. The highest BCUT2D eigenvalue weighted by Gasteiger charge is 2.31. The number of imidazole rings is 1. The third kappa shape index (κ3) is 2.68. The molecule has 1 unspecified atom stereocenters. The van der Waals surface area contributed by atoms with Gasteiger partial charge in [0, 0.05) is 11.5 Å². The van der Waals surface area contributed by atoms with E-state index >= 15 is 0 Å². The van der Waals surface area contributed by atoms with Crippen LogP contribution in [-0.2, 0) is 4.79 Å². The van der Waals surface area contributed by atoms with Crippen molar-refractivity contribution in [1.82, 2.24) is 9.55 Å². The van der Waals surface area contributed by atoms with Crippen LogP contribution in [0.5, 0.6) is 5.75 Å². The number of hydrogen-bond donors (Lipinski definition) is 1. The minimum absolute atomic E-state index is 0.158. The van der Waals surface area contributed by atoms with Crippen molar-refractivity contribution in [3.05, 3.63) is 24.0 Å². The molecule has 1 aromatic heterocycles. The maximum atomic E-state index is 12.6. The maximum absolute atomic E-state index is 12.6. The first-order valence-corrected chi connectivity index (χ1v) is 7.00. The number of aliphatic carboxylic acids is 1. The Morgan fingerprint density at radius 2 is 1.95 bits per heavy atom. The number of carboxylic acid groups (broad SMARTS) is 1. The van der Waals surface area contributed by atoms with Crippen molar-refractivity contribution < 1.29 is 19.4 Å². The number of aromatic nitrogens is 2. The van der Waals surface area contributed by atoms with Gasteiger partial charge in [0.2, 0.25) is 5.78 Å². The number of methoxy groups -OCH3 is 1. The molecular weight excluding hydrogens is 284 g/mol. The van der Waals surface area contributed by atoms with Crippen LogP contribution in [0.3, 0.4) is 0 Å². The molecule has 0 aliphatic heterocycles. The van der Waals surface area contributed by atoms with Gasteiger partial charge in [-0.1, -0.05) is 20.8 Å². The van der Waals surface area contributed by atoms with E-state index in [9.17, 15) is 14.7 Å². The van der Waals surface area contributed by atoms with E-state index in [-0.39, 0.29) is 11.6 Å². The average molecular weight is 304 g/mol. The average Bonchev–Trinajstić information content (AvgIpc) is 2.82. The molecule has 1 N–H and O–H groups in total. The van der Waals surface area contributed by atoms with Gasteiger partial charge in [0.1, 0.15) is 11.8 Å². The Bertz CT molecular complexity index is 740. The smallest absolute Gasteiger partial charge is 0.326 e. The van der Waals surface area contributed by atoms with Gasteiger partial charge in [-0.15, -0.1) is 0 Å². The van der Waals surface area contributed by atoms with Gasteiger partial charge >= 0.3 is 5.97 Å². The fraction of sp³-hybridized carbons (Fsp3) is 0.438. The molecule has 1 aromatic carbocycles. The largest absolute Gasteiger partial charge is 0.497 e. The molecular formula is C16H20N2O4. The molecule has 0 aliphatic carbocycles. The van der Waals surface area contributed by atoms with Gasteiger partial charge in [0.15, 0.2) is 5.82 Å². The van der Waals surface area contributed by atoms with Gasteiger partial charge in [-0.05, 0) is 19.1 Å². The molecule has 0 radical (unpaired) electrons. The van der Waals surface area contributed by atoms with Gasteiger partial charge in [0.05, 0.1) is 18.1 Å². The van der Waals surface area contributed by atoms with Crippen LogP contribution in [0.4, 0.5) is 0 Å². The van der Waals surface area contributed by atoms with Crippen molar-refractivity contribution in [3.8, 4) is 5.75 Å². The predicted octanol–water partition coefficient (Wildman–Crippen LogP) is 2.92. The molecule has 0 bridgehead atoms. The van der Waals surface area contributed by atoms with Crippen LogP contribution in [0.1, 0.15) is 44.4 Å². The molecule has 1 atom stereocenters. The molecule has 0 saturated carbocycles. The summed E-state index contributed by atoms with van der Waals surface area (Å²) in [5.41, 5.74) is 0.491. The summed E-state index contributed by atoms with van der Waals surface area (Å²) in [6, 6.07) is 4.24. The topological polar surface area (TPSA) is 81.4 Å². The monoisotopic (exact) mass is 304 g/mol. The van der Waals surface area contributed by atoms with Crippen LogP contribution in [-0.4, -0.2) is 33.5 Å².